The van der Waals surface area contributed by atoms with Crippen LogP contribution in [0.1, 0.15) is 22.5 Å². The van der Waals surface area contributed by atoms with Gasteiger partial charge in [-0.05, 0) is 26.0 Å². The second-order valence-electron chi connectivity index (χ2n) is 4.00. The van der Waals surface area contributed by atoms with Crippen LogP contribution in [0.3, 0.4) is 0 Å². The van der Waals surface area contributed by atoms with Gasteiger partial charge in [-0.2, -0.15) is 0 Å². The number of ether oxygens (including phenoxy) is 1. The van der Waals surface area contributed by atoms with E-state index in [2.05, 4.69) is 34.3 Å². The summed E-state index contributed by atoms with van der Waals surface area (Å²) in [5.74, 6) is 1.32. The van der Waals surface area contributed by atoms with Gasteiger partial charge in [-0.15, -0.1) is 11.3 Å². The molecule has 0 fully saturated rings. The van der Waals surface area contributed by atoms with Crippen LogP contribution in [0.5, 0.6) is 0 Å². The van der Waals surface area contributed by atoms with Crippen LogP contribution in [0.4, 0.5) is 5.82 Å². The van der Waals surface area contributed by atoms with Crippen molar-refractivity contribution in [3.8, 4) is 0 Å². The van der Waals surface area contributed by atoms with Gasteiger partial charge in [0.15, 0.2) is 5.82 Å². The molecule has 1 N–H and O–H groups in total. The Morgan fingerprint density at radius 2 is 2.21 bits per heavy atom. The highest BCUT2D eigenvalue weighted by Crippen LogP contribution is 2.17. The molecular weight excluding hydrogens is 282 g/mol. The summed E-state index contributed by atoms with van der Waals surface area (Å²) in [5, 5.41) is 3.68. The first-order chi connectivity index (χ1) is 9.17. The van der Waals surface area contributed by atoms with Crippen LogP contribution in [-0.4, -0.2) is 16.6 Å². The second-order valence-corrected chi connectivity index (χ2v) is 5.75. The molecule has 0 saturated heterocycles. The molecule has 0 amide bonds. The summed E-state index contributed by atoms with van der Waals surface area (Å²) < 4.78 is 5.29. The van der Waals surface area contributed by atoms with Gasteiger partial charge in [0.1, 0.15) is 17.6 Å². The van der Waals surface area contributed by atoms with Gasteiger partial charge >= 0.3 is 0 Å². The van der Waals surface area contributed by atoms with Gasteiger partial charge in [-0.25, -0.2) is 9.97 Å². The predicted molar refractivity (Wildman–Crippen MR) is 78.8 cm³/mol. The van der Waals surface area contributed by atoms with E-state index < -0.39 is 0 Å². The number of aromatic nitrogens is 2. The molecule has 0 unspecified atom stereocenters. The Kier molecular flexibility index (Phi) is 5.13. The largest absolute Gasteiger partial charge is 0.374 e. The molecule has 0 spiro atoms. The molecule has 4 nitrogen and oxygen atoms in total. The average Bonchev–Trinajstić information content (AvgIpc) is 2.79. The van der Waals surface area contributed by atoms with Gasteiger partial charge < -0.3 is 10.1 Å². The van der Waals surface area contributed by atoms with E-state index in [1.165, 1.54) is 9.75 Å². The van der Waals surface area contributed by atoms with Crippen LogP contribution in [0, 0.1) is 6.92 Å². The summed E-state index contributed by atoms with van der Waals surface area (Å²) in [4.78, 5) is 11.1. The lowest BCUT2D eigenvalue weighted by Crippen LogP contribution is -2.05. The van der Waals surface area contributed by atoms with E-state index in [0.717, 1.165) is 12.4 Å². The highest BCUT2D eigenvalue weighted by molar-refractivity contribution is 7.11. The molecular formula is C13H16ClN3OS. The number of hydrogen-bond donors (Lipinski definition) is 1. The normalized spacial score (nSPS) is 10.7. The molecule has 0 saturated carbocycles. The molecule has 2 heterocycles. The summed E-state index contributed by atoms with van der Waals surface area (Å²) in [7, 11) is 0. The smallest absolute Gasteiger partial charge is 0.158 e. The van der Waals surface area contributed by atoms with Crippen molar-refractivity contribution < 1.29 is 4.74 Å². The van der Waals surface area contributed by atoms with Gasteiger partial charge in [-0.1, -0.05) is 11.6 Å². The highest BCUT2D eigenvalue weighted by atomic mass is 35.5. The Balaban J connectivity index is 2.01. The molecule has 0 bridgehead atoms. The van der Waals surface area contributed by atoms with Gasteiger partial charge in [-0.3, -0.25) is 0 Å². The molecule has 2 rings (SSSR count). The van der Waals surface area contributed by atoms with Crippen molar-refractivity contribution in [2.45, 2.75) is 27.0 Å². The molecule has 19 heavy (non-hydrogen) atoms. The molecule has 0 aliphatic rings. The maximum Gasteiger partial charge on any atom is 0.158 e. The minimum atomic E-state index is 0.379. The van der Waals surface area contributed by atoms with E-state index in [-0.39, 0.29) is 0 Å². The molecule has 0 atom stereocenters. The van der Waals surface area contributed by atoms with Crippen LogP contribution in [0.25, 0.3) is 0 Å². The third-order valence-electron chi connectivity index (χ3n) is 2.42. The van der Waals surface area contributed by atoms with Gasteiger partial charge in [0.2, 0.25) is 0 Å². The van der Waals surface area contributed by atoms with E-state index >= 15 is 0 Å². The van der Waals surface area contributed by atoms with Crippen molar-refractivity contribution in [1.82, 2.24) is 9.97 Å². The van der Waals surface area contributed by atoms with E-state index in [9.17, 15) is 0 Å². The minimum Gasteiger partial charge on any atom is -0.374 e. The number of nitrogens with one attached hydrogen (secondary N) is 1. The van der Waals surface area contributed by atoms with E-state index in [0.29, 0.717) is 24.2 Å². The zero-order valence-electron chi connectivity index (χ0n) is 10.9. The van der Waals surface area contributed by atoms with Crippen LogP contribution in [-0.2, 0) is 17.9 Å². The SMILES string of the molecule is CCOCc1nc(Cl)cc(NCc2ccc(C)s2)n1. The lowest BCUT2D eigenvalue weighted by atomic mass is 10.4. The summed E-state index contributed by atoms with van der Waals surface area (Å²) in [5.41, 5.74) is 0. The fourth-order valence-electron chi connectivity index (χ4n) is 1.57. The monoisotopic (exact) mass is 297 g/mol. The molecule has 6 heteroatoms. The molecule has 0 aliphatic heterocycles. The maximum atomic E-state index is 5.97. The minimum absolute atomic E-state index is 0.379. The van der Waals surface area contributed by atoms with Crippen LogP contribution < -0.4 is 5.32 Å². The maximum absolute atomic E-state index is 5.97. The van der Waals surface area contributed by atoms with Crippen LogP contribution in [0.2, 0.25) is 5.15 Å². The zero-order chi connectivity index (χ0) is 13.7. The summed E-state index contributed by atoms with van der Waals surface area (Å²) in [6.45, 7) is 5.77. The number of anilines is 1. The Morgan fingerprint density at radius 3 is 2.89 bits per heavy atom. The van der Waals surface area contributed by atoms with Crippen molar-refractivity contribution in [2.24, 2.45) is 0 Å². The van der Waals surface area contributed by atoms with Crippen LogP contribution >= 0.6 is 22.9 Å². The number of rotatable bonds is 6. The number of nitrogens with zero attached hydrogens (tertiary/aromatic N) is 2. The number of hydrogen-bond acceptors (Lipinski definition) is 5. The highest BCUT2D eigenvalue weighted by Gasteiger charge is 2.04. The fraction of sp³-hybridized carbons (Fsp3) is 0.385. The molecule has 2 aromatic rings. The Hall–Kier alpha value is -1.17. The molecule has 0 radical (unpaired) electrons. The van der Waals surface area contributed by atoms with Crippen molar-refractivity contribution in [3.05, 3.63) is 38.9 Å². The predicted octanol–water partition coefficient (Wildman–Crippen LogP) is 3.65. The summed E-state index contributed by atoms with van der Waals surface area (Å²) in [6, 6.07) is 5.93. The van der Waals surface area contributed by atoms with Gasteiger partial charge in [0.05, 0.1) is 6.54 Å². The zero-order valence-corrected chi connectivity index (χ0v) is 12.5. The number of halogens is 1. The number of aryl methyl sites for hydroxylation is 1. The van der Waals surface area contributed by atoms with E-state index in [4.69, 9.17) is 16.3 Å². The first-order valence-corrected chi connectivity index (χ1v) is 7.27. The van der Waals surface area contributed by atoms with Crippen molar-refractivity contribution >= 4 is 28.8 Å². The van der Waals surface area contributed by atoms with Gasteiger partial charge in [0, 0.05) is 22.4 Å². The molecule has 102 valence electrons. The van der Waals surface area contributed by atoms with Crippen molar-refractivity contribution in [1.29, 1.82) is 0 Å². The molecule has 2 aromatic heterocycles. The molecule has 0 aromatic carbocycles. The Morgan fingerprint density at radius 1 is 1.37 bits per heavy atom. The molecule has 0 aliphatic carbocycles. The third kappa shape index (κ3) is 4.45. The quantitative estimate of drug-likeness (QED) is 0.827. The lowest BCUT2D eigenvalue weighted by molar-refractivity contribution is 0.128. The first kappa shape index (κ1) is 14.2. The van der Waals surface area contributed by atoms with Crippen molar-refractivity contribution in [2.75, 3.05) is 11.9 Å². The van der Waals surface area contributed by atoms with E-state index in [1.807, 2.05) is 6.92 Å². The van der Waals surface area contributed by atoms with E-state index in [1.54, 1.807) is 17.4 Å². The summed E-state index contributed by atoms with van der Waals surface area (Å²) >= 11 is 7.74. The second kappa shape index (κ2) is 6.84. The lowest BCUT2D eigenvalue weighted by Gasteiger charge is -2.07. The van der Waals surface area contributed by atoms with Crippen molar-refractivity contribution in [3.63, 3.8) is 0 Å². The standard InChI is InChI=1S/C13H16ClN3OS/c1-3-18-8-13-16-11(14)6-12(17-13)15-7-10-5-4-9(2)19-10/h4-6H,3,7-8H2,1-2H3,(H,15,16,17). The Labute approximate surface area is 121 Å². The Bertz CT molecular complexity index is 544. The summed E-state index contributed by atoms with van der Waals surface area (Å²) in [6.07, 6.45) is 0. The topological polar surface area (TPSA) is 47.0 Å². The first-order valence-electron chi connectivity index (χ1n) is 6.07. The van der Waals surface area contributed by atoms with Crippen LogP contribution in [0.15, 0.2) is 18.2 Å². The fourth-order valence-corrected chi connectivity index (χ4v) is 2.60. The third-order valence-corrected chi connectivity index (χ3v) is 3.61. The average molecular weight is 298 g/mol. The number of thiophene rings is 1. The van der Waals surface area contributed by atoms with Gasteiger partial charge in [0.25, 0.3) is 0 Å².